The molecule has 0 saturated carbocycles. The van der Waals surface area contributed by atoms with Gasteiger partial charge in [-0.2, -0.15) is 5.10 Å². The van der Waals surface area contributed by atoms with E-state index in [2.05, 4.69) is 36.8 Å². The van der Waals surface area contributed by atoms with E-state index < -0.39 is 0 Å². The van der Waals surface area contributed by atoms with Gasteiger partial charge in [0, 0.05) is 17.8 Å². The van der Waals surface area contributed by atoms with Crippen molar-refractivity contribution in [1.29, 1.82) is 0 Å². The van der Waals surface area contributed by atoms with Crippen LogP contribution in [-0.2, 0) is 4.79 Å². The summed E-state index contributed by atoms with van der Waals surface area (Å²) in [5.41, 5.74) is 1.57. The Morgan fingerprint density at radius 1 is 1.30 bits per heavy atom. The fourth-order valence-electron chi connectivity index (χ4n) is 1.55. The maximum absolute atomic E-state index is 12.0. The highest BCUT2D eigenvalue weighted by Gasteiger charge is 2.12. The summed E-state index contributed by atoms with van der Waals surface area (Å²) in [7, 11) is 0. The molecule has 0 aliphatic carbocycles. The standard InChI is InChI=1S/C13H13BrN4O2/c1-2-11(19)16-8-4-3-5-9(6-8)17-13(20)12-10(14)7-15-18-12/h3-7H,2H2,1H3,(H,15,18)(H,16,19)(H,17,20). The summed E-state index contributed by atoms with van der Waals surface area (Å²) in [6, 6.07) is 6.94. The fourth-order valence-corrected chi connectivity index (χ4v) is 1.92. The van der Waals surface area contributed by atoms with E-state index >= 15 is 0 Å². The van der Waals surface area contributed by atoms with Crippen molar-refractivity contribution in [3.05, 3.63) is 40.6 Å². The number of rotatable bonds is 4. The van der Waals surface area contributed by atoms with Gasteiger partial charge in [0.25, 0.3) is 5.91 Å². The first-order chi connectivity index (χ1) is 9.60. The van der Waals surface area contributed by atoms with Gasteiger partial charge in [0.1, 0.15) is 5.69 Å². The monoisotopic (exact) mass is 336 g/mol. The number of hydrogen-bond donors (Lipinski definition) is 3. The lowest BCUT2D eigenvalue weighted by atomic mass is 10.2. The number of H-pyrrole nitrogens is 1. The molecule has 0 aliphatic heterocycles. The summed E-state index contributed by atoms with van der Waals surface area (Å²) in [6.07, 6.45) is 1.91. The molecule has 3 N–H and O–H groups in total. The van der Waals surface area contributed by atoms with E-state index in [1.54, 1.807) is 31.2 Å². The lowest BCUT2D eigenvalue weighted by molar-refractivity contribution is -0.115. The van der Waals surface area contributed by atoms with Crippen LogP contribution < -0.4 is 10.6 Å². The van der Waals surface area contributed by atoms with Crippen molar-refractivity contribution >= 4 is 39.1 Å². The molecule has 104 valence electrons. The molecule has 2 amide bonds. The third-order valence-corrected chi connectivity index (χ3v) is 3.15. The summed E-state index contributed by atoms with van der Waals surface area (Å²) in [5.74, 6) is -0.391. The van der Waals surface area contributed by atoms with Crippen molar-refractivity contribution in [3.8, 4) is 0 Å². The average molecular weight is 337 g/mol. The quantitative estimate of drug-likeness (QED) is 0.802. The lowest BCUT2D eigenvalue weighted by Crippen LogP contribution is -2.14. The van der Waals surface area contributed by atoms with Crippen molar-refractivity contribution in [2.75, 3.05) is 10.6 Å². The smallest absolute Gasteiger partial charge is 0.274 e. The van der Waals surface area contributed by atoms with E-state index in [1.165, 1.54) is 6.20 Å². The third kappa shape index (κ3) is 3.45. The Kier molecular flexibility index (Phi) is 4.52. The molecule has 20 heavy (non-hydrogen) atoms. The Balaban J connectivity index is 2.10. The van der Waals surface area contributed by atoms with Gasteiger partial charge in [-0.1, -0.05) is 13.0 Å². The van der Waals surface area contributed by atoms with E-state index in [9.17, 15) is 9.59 Å². The fraction of sp³-hybridized carbons (Fsp3) is 0.154. The van der Waals surface area contributed by atoms with E-state index in [-0.39, 0.29) is 11.8 Å². The van der Waals surface area contributed by atoms with Crippen molar-refractivity contribution in [2.24, 2.45) is 0 Å². The van der Waals surface area contributed by atoms with Crippen LogP contribution in [0.4, 0.5) is 11.4 Å². The van der Waals surface area contributed by atoms with Crippen LogP contribution in [0.3, 0.4) is 0 Å². The average Bonchev–Trinajstić information content (AvgIpc) is 2.85. The Bertz CT molecular complexity index is 639. The van der Waals surface area contributed by atoms with Crippen LogP contribution in [0.5, 0.6) is 0 Å². The van der Waals surface area contributed by atoms with Gasteiger partial charge in [0.15, 0.2) is 0 Å². The molecule has 7 heteroatoms. The predicted octanol–water partition coefficient (Wildman–Crippen LogP) is 2.77. The molecule has 0 bridgehead atoms. The SMILES string of the molecule is CCC(=O)Nc1cccc(NC(=O)c2[nH]ncc2Br)c1. The molecular weight excluding hydrogens is 324 g/mol. The van der Waals surface area contributed by atoms with Gasteiger partial charge in [0.2, 0.25) is 5.91 Å². The molecule has 2 rings (SSSR count). The molecule has 0 spiro atoms. The van der Waals surface area contributed by atoms with Gasteiger partial charge < -0.3 is 10.6 Å². The highest BCUT2D eigenvalue weighted by atomic mass is 79.9. The van der Waals surface area contributed by atoms with Crippen LogP contribution in [0.1, 0.15) is 23.8 Å². The number of carbonyl (C=O) groups excluding carboxylic acids is 2. The molecule has 1 aromatic heterocycles. The zero-order valence-corrected chi connectivity index (χ0v) is 12.3. The van der Waals surface area contributed by atoms with Crippen molar-refractivity contribution < 1.29 is 9.59 Å². The number of anilines is 2. The first-order valence-corrected chi connectivity index (χ1v) is 6.79. The molecular formula is C13H13BrN4O2. The highest BCUT2D eigenvalue weighted by molar-refractivity contribution is 9.10. The topological polar surface area (TPSA) is 86.9 Å². The lowest BCUT2D eigenvalue weighted by Gasteiger charge is -2.07. The molecule has 0 radical (unpaired) electrons. The summed E-state index contributed by atoms with van der Waals surface area (Å²) in [5, 5.41) is 11.8. The minimum atomic E-state index is -0.312. The van der Waals surface area contributed by atoms with Crippen LogP contribution in [0.2, 0.25) is 0 Å². The van der Waals surface area contributed by atoms with Gasteiger partial charge in [0.05, 0.1) is 10.7 Å². The van der Waals surface area contributed by atoms with Gasteiger partial charge in [-0.05, 0) is 34.1 Å². The Morgan fingerprint density at radius 3 is 2.60 bits per heavy atom. The minimum Gasteiger partial charge on any atom is -0.326 e. The van der Waals surface area contributed by atoms with E-state index in [1.807, 2.05) is 0 Å². The highest BCUT2D eigenvalue weighted by Crippen LogP contribution is 2.18. The number of carbonyl (C=O) groups is 2. The van der Waals surface area contributed by atoms with Crippen LogP contribution in [0.15, 0.2) is 34.9 Å². The normalized spacial score (nSPS) is 10.1. The molecule has 0 fully saturated rings. The molecule has 0 aliphatic rings. The first kappa shape index (κ1) is 14.3. The first-order valence-electron chi connectivity index (χ1n) is 6.00. The Labute approximate surface area is 124 Å². The maximum atomic E-state index is 12.0. The summed E-state index contributed by atoms with van der Waals surface area (Å²) >= 11 is 3.23. The second-order valence-corrected chi connectivity index (χ2v) is 4.88. The molecule has 2 aromatic rings. The zero-order chi connectivity index (χ0) is 14.5. The molecule has 0 atom stereocenters. The number of nitrogens with zero attached hydrogens (tertiary/aromatic N) is 1. The summed E-state index contributed by atoms with van der Waals surface area (Å²) < 4.78 is 0.588. The van der Waals surface area contributed by atoms with Crippen LogP contribution in [0, 0.1) is 0 Å². The number of nitrogens with one attached hydrogen (secondary N) is 3. The summed E-state index contributed by atoms with van der Waals surface area (Å²) in [4.78, 5) is 23.3. The number of aromatic amines is 1. The minimum absolute atomic E-state index is 0.0789. The van der Waals surface area contributed by atoms with E-state index in [0.29, 0.717) is 28.0 Å². The van der Waals surface area contributed by atoms with Crippen molar-refractivity contribution in [3.63, 3.8) is 0 Å². The Hall–Kier alpha value is -2.15. The van der Waals surface area contributed by atoms with Crippen molar-refractivity contribution in [1.82, 2.24) is 10.2 Å². The van der Waals surface area contributed by atoms with Gasteiger partial charge >= 0.3 is 0 Å². The number of amides is 2. The number of aromatic nitrogens is 2. The van der Waals surface area contributed by atoms with Crippen LogP contribution in [0.25, 0.3) is 0 Å². The van der Waals surface area contributed by atoms with Gasteiger partial charge in [-0.3, -0.25) is 14.7 Å². The van der Waals surface area contributed by atoms with E-state index in [4.69, 9.17) is 0 Å². The molecule has 0 saturated heterocycles. The number of halogens is 1. The third-order valence-electron chi connectivity index (χ3n) is 2.55. The van der Waals surface area contributed by atoms with Gasteiger partial charge in [-0.15, -0.1) is 0 Å². The zero-order valence-electron chi connectivity index (χ0n) is 10.7. The van der Waals surface area contributed by atoms with E-state index in [0.717, 1.165) is 0 Å². The van der Waals surface area contributed by atoms with Crippen LogP contribution >= 0.6 is 15.9 Å². The van der Waals surface area contributed by atoms with Crippen LogP contribution in [-0.4, -0.2) is 22.0 Å². The van der Waals surface area contributed by atoms with Crippen molar-refractivity contribution in [2.45, 2.75) is 13.3 Å². The largest absolute Gasteiger partial charge is 0.326 e. The molecule has 1 aromatic carbocycles. The predicted molar refractivity (Wildman–Crippen MR) is 79.6 cm³/mol. The maximum Gasteiger partial charge on any atom is 0.274 e. The second-order valence-electron chi connectivity index (χ2n) is 4.03. The number of benzene rings is 1. The Morgan fingerprint density at radius 2 is 2.00 bits per heavy atom. The second kappa shape index (κ2) is 6.33. The molecule has 1 heterocycles. The van der Waals surface area contributed by atoms with Gasteiger partial charge in [-0.25, -0.2) is 0 Å². The molecule has 0 unspecified atom stereocenters. The number of hydrogen-bond acceptors (Lipinski definition) is 3. The summed E-state index contributed by atoms with van der Waals surface area (Å²) in [6.45, 7) is 1.77. The molecule has 6 nitrogen and oxygen atoms in total.